The van der Waals surface area contributed by atoms with Crippen molar-refractivity contribution in [3.8, 4) is 27.8 Å². The first-order chi connectivity index (χ1) is 11.7. The van der Waals surface area contributed by atoms with Gasteiger partial charge in [0, 0.05) is 5.69 Å². The molecule has 0 aliphatic carbocycles. The average molecular weight is 340 g/mol. The molecule has 0 radical (unpaired) electrons. The number of ether oxygens (including phenoxy) is 1. The molecular weight excluding hydrogens is 324 g/mol. The summed E-state index contributed by atoms with van der Waals surface area (Å²) in [5.41, 5.74) is 2.73. The predicted molar refractivity (Wildman–Crippen MR) is 92.3 cm³/mol. The molecule has 0 saturated carbocycles. The maximum absolute atomic E-state index is 5.42. The molecule has 0 aliphatic heterocycles. The average Bonchev–Trinajstić information content (AvgIpc) is 3.29. The second-order valence-electron chi connectivity index (χ2n) is 5.69. The number of H-pyrrole nitrogens is 1. The molecule has 4 aromatic rings. The molecule has 0 spiro atoms. The first kappa shape index (κ1) is 14.8. The number of benzene rings is 1. The fraction of sp³-hybridized carbons (Fsp3) is 0.250. The van der Waals surface area contributed by atoms with E-state index in [1.807, 2.05) is 30.3 Å². The maximum Gasteiger partial charge on any atom is 0.235 e. The Balaban J connectivity index is 1.81. The van der Waals surface area contributed by atoms with E-state index in [-0.39, 0.29) is 0 Å². The molecule has 0 aliphatic rings. The van der Waals surface area contributed by atoms with Gasteiger partial charge in [-0.1, -0.05) is 37.3 Å². The molecule has 1 N–H and O–H groups in total. The summed E-state index contributed by atoms with van der Waals surface area (Å²) in [6.45, 7) is 4.22. The van der Waals surface area contributed by atoms with Crippen LogP contribution in [0, 0.1) is 0 Å². The standard InChI is InChI=1S/C16H16N6OS/c1-9(2)11-8-12(18-17-11)14-19-20-16-22(14)21-15(24-16)10-6-4-5-7-13(10)23-3/h4-9H,1-3H3,(H,17,18). The Morgan fingerprint density at radius 3 is 2.79 bits per heavy atom. The van der Waals surface area contributed by atoms with Crippen LogP contribution < -0.4 is 4.74 Å². The Morgan fingerprint density at radius 1 is 1.21 bits per heavy atom. The Morgan fingerprint density at radius 2 is 2.04 bits per heavy atom. The van der Waals surface area contributed by atoms with Gasteiger partial charge in [-0.05, 0) is 24.1 Å². The summed E-state index contributed by atoms with van der Waals surface area (Å²) >= 11 is 1.47. The van der Waals surface area contributed by atoms with Crippen LogP contribution in [-0.2, 0) is 0 Å². The fourth-order valence-corrected chi connectivity index (χ4v) is 3.32. The van der Waals surface area contributed by atoms with Crippen molar-refractivity contribution in [3.63, 3.8) is 0 Å². The lowest BCUT2D eigenvalue weighted by molar-refractivity contribution is 0.416. The second-order valence-corrected chi connectivity index (χ2v) is 6.64. The summed E-state index contributed by atoms with van der Waals surface area (Å²) in [5, 5.41) is 21.3. The van der Waals surface area contributed by atoms with Crippen LogP contribution in [0.15, 0.2) is 30.3 Å². The van der Waals surface area contributed by atoms with E-state index in [0.717, 1.165) is 32.7 Å². The molecule has 4 rings (SSSR count). The number of hydrogen-bond acceptors (Lipinski definition) is 6. The highest BCUT2D eigenvalue weighted by molar-refractivity contribution is 7.19. The van der Waals surface area contributed by atoms with E-state index in [4.69, 9.17) is 4.74 Å². The number of nitrogens with zero attached hydrogens (tertiary/aromatic N) is 5. The van der Waals surface area contributed by atoms with E-state index in [2.05, 4.69) is 39.3 Å². The normalized spacial score (nSPS) is 11.5. The van der Waals surface area contributed by atoms with Gasteiger partial charge in [0.25, 0.3) is 0 Å². The van der Waals surface area contributed by atoms with Crippen molar-refractivity contribution in [3.05, 3.63) is 36.0 Å². The lowest BCUT2D eigenvalue weighted by Gasteiger charge is -2.03. The number of para-hydroxylation sites is 1. The maximum atomic E-state index is 5.42. The molecule has 3 aromatic heterocycles. The van der Waals surface area contributed by atoms with Crippen molar-refractivity contribution in [2.45, 2.75) is 19.8 Å². The molecule has 0 saturated heterocycles. The molecule has 122 valence electrons. The molecule has 0 unspecified atom stereocenters. The molecular formula is C16H16N6OS. The van der Waals surface area contributed by atoms with Crippen molar-refractivity contribution in [2.75, 3.05) is 7.11 Å². The topological polar surface area (TPSA) is 81.0 Å². The third kappa shape index (κ3) is 2.35. The van der Waals surface area contributed by atoms with Gasteiger partial charge in [0.2, 0.25) is 10.8 Å². The lowest BCUT2D eigenvalue weighted by Crippen LogP contribution is -1.92. The molecule has 0 amide bonds. The molecule has 0 atom stereocenters. The van der Waals surface area contributed by atoms with Crippen LogP contribution in [0.3, 0.4) is 0 Å². The van der Waals surface area contributed by atoms with Gasteiger partial charge in [0.1, 0.15) is 11.4 Å². The van der Waals surface area contributed by atoms with Gasteiger partial charge in [0.15, 0.2) is 5.01 Å². The van der Waals surface area contributed by atoms with Crippen LogP contribution in [0.5, 0.6) is 5.75 Å². The minimum Gasteiger partial charge on any atom is -0.496 e. The van der Waals surface area contributed by atoms with E-state index in [9.17, 15) is 0 Å². The number of fused-ring (bicyclic) bond motifs is 1. The van der Waals surface area contributed by atoms with Crippen LogP contribution in [0.4, 0.5) is 0 Å². The Kier molecular flexibility index (Phi) is 3.53. The SMILES string of the molecule is COc1ccccc1-c1nn2c(-c3cc(C(C)C)[nH]n3)nnc2s1. The number of nitrogens with one attached hydrogen (secondary N) is 1. The largest absolute Gasteiger partial charge is 0.496 e. The number of aromatic amines is 1. The molecule has 1 aromatic carbocycles. The zero-order valence-electron chi connectivity index (χ0n) is 13.5. The van der Waals surface area contributed by atoms with E-state index in [1.54, 1.807) is 11.6 Å². The van der Waals surface area contributed by atoms with E-state index in [0.29, 0.717) is 11.7 Å². The summed E-state index contributed by atoms with van der Waals surface area (Å²) in [7, 11) is 1.65. The van der Waals surface area contributed by atoms with Crippen LogP contribution in [0.1, 0.15) is 25.5 Å². The fourth-order valence-electron chi connectivity index (χ4n) is 2.45. The van der Waals surface area contributed by atoms with E-state index >= 15 is 0 Å². The van der Waals surface area contributed by atoms with Crippen molar-refractivity contribution >= 4 is 16.3 Å². The molecule has 24 heavy (non-hydrogen) atoms. The minimum absolute atomic E-state index is 0.370. The highest BCUT2D eigenvalue weighted by atomic mass is 32.1. The summed E-state index contributed by atoms with van der Waals surface area (Å²) in [6.07, 6.45) is 0. The van der Waals surface area contributed by atoms with Crippen molar-refractivity contribution in [1.82, 2.24) is 30.0 Å². The number of rotatable bonds is 4. The van der Waals surface area contributed by atoms with Gasteiger partial charge < -0.3 is 4.74 Å². The molecule has 3 heterocycles. The third-order valence-electron chi connectivity index (χ3n) is 3.78. The van der Waals surface area contributed by atoms with Crippen LogP contribution in [0.25, 0.3) is 27.1 Å². The quantitative estimate of drug-likeness (QED) is 0.616. The van der Waals surface area contributed by atoms with Crippen molar-refractivity contribution in [1.29, 1.82) is 0 Å². The van der Waals surface area contributed by atoms with Crippen LogP contribution in [0.2, 0.25) is 0 Å². The molecule has 8 heteroatoms. The summed E-state index contributed by atoms with van der Waals surface area (Å²) in [4.78, 5) is 0.722. The molecule has 7 nitrogen and oxygen atoms in total. The van der Waals surface area contributed by atoms with Crippen LogP contribution in [-0.4, -0.2) is 37.1 Å². The third-order valence-corrected chi connectivity index (χ3v) is 4.71. The highest BCUT2D eigenvalue weighted by Gasteiger charge is 2.18. The van der Waals surface area contributed by atoms with Gasteiger partial charge in [-0.2, -0.15) is 14.7 Å². The van der Waals surface area contributed by atoms with E-state index in [1.165, 1.54) is 11.3 Å². The molecule has 0 bridgehead atoms. The zero-order valence-corrected chi connectivity index (χ0v) is 14.3. The Labute approximate surface area is 142 Å². The van der Waals surface area contributed by atoms with Crippen molar-refractivity contribution < 1.29 is 4.74 Å². The summed E-state index contributed by atoms with van der Waals surface area (Å²) in [6, 6.07) is 9.79. The lowest BCUT2D eigenvalue weighted by atomic mass is 10.1. The number of hydrogen-bond donors (Lipinski definition) is 1. The first-order valence-corrected chi connectivity index (χ1v) is 8.40. The monoisotopic (exact) mass is 340 g/mol. The number of methoxy groups -OCH3 is 1. The van der Waals surface area contributed by atoms with Gasteiger partial charge in [-0.3, -0.25) is 5.10 Å². The summed E-state index contributed by atoms with van der Waals surface area (Å²) < 4.78 is 7.15. The zero-order chi connectivity index (χ0) is 16.7. The van der Waals surface area contributed by atoms with Gasteiger partial charge in [0.05, 0.1) is 12.7 Å². The molecule has 0 fully saturated rings. The summed E-state index contributed by atoms with van der Waals surface area (Å²) in [5.74, 6) is 1.78. The van der Waals surface area contributed by atoms with E-state index < -0.39 is 0 Å². The predicted octanol–water partition coefficient (Wildman–Crippen LogP) is 3.37. The van der Waals surface area contributed by atoms with Gasteiger partial charge in [-0.15, -0.1) is 10.2 Å². The van der Waals surface area contributed by atoms with Gasteiger partial charge >= 0.3 is 0 Å². The van der Waals surface area contributed by atoms with Crippen LogP contribution >= 0.6 is 11.3 Å². The Hall–Kier alpha value is -2.74. The smallest absolute Gasteiger partial charge is 0.235 e. The second kappa shape index (κ2) is 5.72. The Bertz CT molecular complexity index is 999. The first-order valence-electron chi connectivity index (χ1n) is 7.58. The highest BCUT2D eigenvalue weighted by Crippen LogP contribution is 2.33. The van der Waals surface area contributed by atoms with Gasteiger partial charge in [-0.25, -0.2) is 0 Å². The van der Waals surface area contributed by atoms with Crippen molar-refractivity contribution in [2.24, 2.45) is 0 Å². The minimum atomic E-state index is 0.370. The number of aromatic nitrogens is 6.